The lowest BCUT2D eigenvalue weighted by molar-refractivity contribution is 0.687. The SMILES string of the molecule is CC(C)c1ccnc2c1=CCCC=2F. The van der Waals surface area contributed by atoms with Crippen LogP contribution in [0, 0.1) is 0 Å². The van der Waals surface area contributed by atoms with E-state index in [9.17, 15) is 4.39 Å². The van der Waals surface area contributed by atoms with Gasteiger partial charge in [0.25, 0.3) is 0 Å². The second kappa shape index (κ2) is 3.52. The number of hydrogen-bond acceptors (Lipinski definition) is 1. The molecule has 0 bridgehead atoms. The number of nitrogens with zero attached hydrogens (tertiary/aromatic N) is 1. The van der Waals surface area contributed by atoms with Gasteiger partial charge < -0.3 is 0 Å². The number of hydrogen-bond donors (Lipinski definition) is 0. The molecule has 1 aromatic rings. The highest BCUT2D eigenvalue weighted by atomic mass is 19.1. The Bertz CT molecular complexity index is 460. The Hall–Kier alpha value is -1.18. The summed E-state index contributed by atoms with van der Waals surface area (Å²) in [5.74, 6) is 0.360. The van der Waals surface area contributed by atoms with E-state index in [0.29, 0.717) is 17.7 Å². The Morgan fingerprint density at radius 1 is 1.43 bits per heavy atom. The highest BCUT2D eigenvalue weighted by molar-refractivity contribution is 5.45. The highest BCUT2D eigenvalue weighted by Crippen LogP contribution is 2.12. The molecule has 2 heteroatoms. The van der Waals surface area contributed by atoms with E-state index >= 15 is 0 Å². The molecule has 0 N–H and O–H groups in total. The Labute approximate surface area is 83.0 Å². The summed E-state index contributed by atoms with van der Waals surface area (Å²) in [6.07, 6.45) is 5.10. The van der Waals surface area contributed by atoms with Crippen molar-refractivity contribution >= 4 is 11.9 Å². The third kappa shape index (κ3) is 1.45. The number of aromatic nitrogens is 1. The van der Waals surface area contributed by atoms with Gasteiger partial charge in [-0.1, -0.05) is 19.9 Å². The Morgan fingerprint density at radius 2 is 2.21 bits per heavy atom. The van der Waals surface area contributed by atoms with E-state index in [2.05, 4.69) is 24.9 Å². The van der Waals surface area contributed by atoms with Crippen molar-refractivity contribution in [2.24, 2.45) is 0 Å². The second-order valence-corrected chi connectivity index (χ2v) is 3.96. The number of halogens is 1. The van der Waals surface area contributed by atoms with Gasteiger partial charge in [0, 0.05) is 17.8 Å². The fourth-order valence-electron chi connectivity index (χ4n) is 1.88. The summed E-state index contributed by atoms with van der Waals surface area (Å²) in [6, 6.07) is 1.98. The van der Waals surface area contributed by atoms with E-state index in [1.807, 2.05) is 6.07 Å². The Morgan fingerprint density at radius 3 is 2.93 bits per heavy atom. The highest BCUT2D eigenvalue weighted by Gasteiger charge is 2.09. The van der Waals surface area contributed by atoms with Gasteiger partial charge in [-0.25, -0.2) is 4.39 Å². The molecule has 0 saturated heterocycles. The minimum atomic E-state index is -0.0648. The van der Waals surface area contributed by atoms with Crippen LogP contribution in [0.2, 0.25) is 0 Å². The zero-order valence-electron chi connectivity index (χ0n) is 8.55. The van der Waals surface area contributed by atoms with Crippen LogP contribution in [0.25, 0.3) is 11.9 Å². The minimum absolute atomic E-state index is 0.0648. The molecular weight excluding hydrogens is 177 g/mol. The summed E-state index contributed by atoms with van der Waals surface area (Å²) in [7, 11) is 0. The molecular formula is C12H14FN. The molecule has 0 saturated carbocycles. The van der Waals surface area contributed by atoms with E-state index in [4.69, 9.17) is 0 Å². The molecule has 0 radical (unpaired) electrons. The minimum Gasteiger partial charge on any atom is -0.254 e. The van der Waals surface area contributed by atoms with Crippen LogP contribution in [-0.2, 0) is 0 Å². The van der Waals surface area contributed by atoms with Gasteiger partial charge in [-0.15, -0.1) is 0 Å². The molecule has 74 valence electrons. The fraction of sp³-hybridized carbons (Fsp3) is 0.417. The Kier molecular flexibility index (Phi) is 2.36. The van der Waals surface area contributed by atoms with Crippen molar-refractivity contribution in [3.8, 4) is 0 Å². The molecule has 0 amide bonds. The largest absolute Gasteiger partial charge is 0.254 e. The van der Waals surface area contributed by atoms with E-state index in [1.165, 1.54) is 5.56 Å². The van der Waals surface area contributed by atoms with Gasteiger partial charge in [0.15, 0.2) is 0 Å². The first kappa shape index (κ1) is 9.38. The zero-order chi connectivity index (χ0) is 10.1. The predicted molar refractivity (Wildman–Crippen MR) is 55.8 cm³/mol. The third-order valence-electron chi connectivity index (χ3n) is 2.62. The summed E-state index contributed by atoms with van der Waals surface area (Å²) < 4.78 is 13.5. The quantitative estimate of drug-likeness (QED) is 0.660. The summed E-state index contributed by atoms with van der Waals surface area (Å²) >= 11 is 0. The van der Waals surface area contributed by atoms with Gasteiger partial charge in [0.1, 0.15) is 11.2 Å². The monoisotopic (exact) mass is 191 g/mol. The van der Waals surface area contributed by atoms with E-state index < -0.39 is 0 Å². The van der Waals surface area contributed by atoms with Gasteiger partial charge in [0.2, 0.25) is 0 Å². The van der Waals surface area contributed by atoms with Crippen molar-refractivity contribution in [3.05, 3.63) is 28.4 Å². The maximum absolute atomic E-state index is 13.5. The van der Waals surface area contributed by atoms with Gasteiger partial charge in [-0.2, -0.15) is 0 Å². The summed E-state index contributed by atoms with van der Waals surface area (Å²) in [4.78, 5) is 4.10. The molecule has 14 heavy (non-hydrogen) atoms. The van der Waals surface area contributed by atoms with Crippen molar-refractivity contribution in [3.63, 3.8) is 0 Å². The molecule has 1 heterocycles. The van der Waals surface area contributed by atoms with Crippen LogP contribution in [0.1, 0.15) is 38.2 Å². The first-order valence-corrected chi connectivity index (χ1v) is 5.04. The van der Waals surface area contributed by atoms with Crippen LogP contribution in [-0.4, -0.2) is 4.98 Å². The lowest BCUT2D eigenvalue weighted by Gasteiger charge is -2.09. The van der Waals surface area contributed by atoms with Crippen molar-refractivity contribution in [1.29, 1.82) is 0 Å². The molecule has 0 atom stereocenters. The van der Waals surface area contributed by atoms with Gasteiger partial charge in [0.05, 0.1) is 0 Å². The standard InChI is InChI=1S/C12H14FN/c1-8(2)9-6-7-14-12-10(9)4-3-5-11(12)13/h4,6-8H,3,5H2,1-2H3. The summed E-state index contributed by atoms with van der Waals surface area (Å²) in [5.41, 5.74) is 1.20. The Balaban J connectivity index is 2.81. The third-order valence-corrected chi connectivity index (χ3v) is 2.62. The smallest absolute Gasteiger partial charge is 0.126 e. The number of pyridine rings is 1. The van der Waals surface area contributed by atoms with E-state index in [-0.39, 0.29) is 5.83 Å². The predicted octanol–water partition coefficient (Wildman–Crippen LogP) is 1.86. The molecule has 0 unspecified atom stereocenters. The van der Waals surface area contributed by atoms with Crippen molar-refractivity contribution in [2.75, 3.05) is 0 Å². The normalized spacial score (nSPS) is 15.3. The maximum atomic E-state index is 13.5. The van der Waals surface area contributed by atoms with E-state index in [0.717, 1.165) is 11.6 Å². The zero-order valence-corrected chi connectivity index (χ0v) is 8.55. The molecule has 0 aliphatic heterocycles. The van der Waals surface area contributed by atoms with Gasteiger partial charge in [-0.3, -0.25) is 4.98 Å². The number of fused-ring (bicyclic) bond motifs is 1. The molecule has 0 aromatic carbocycles. The van der Waals surface area contributed by atoms with Crippen molar-refractivity contribution in [1.82, 2.24) is 4.98 Å². The number of rotatable bonds is 1. The molecule has 1 aliphatic rings. The van der Waals surface area contributed by atoms with Crippen molar-refractivity contribution < 1.29 is 4.39 Å². The van der Waals surface area contributed by atoms with Crippen LogP contribution in [0.4, 0.5) is 4.39 Å². The van der Waals surface area contributed by atoms with E-state index in [1.54, 1.807) is 6.20 Å². The fourth-order valence-corrected chi connectivity index (χ4v) is 1.88. The lowest BCUT2D eigenvalue weighted by Crippen LogP contribution is -2.35. The summed E-state index contributed by atoms with van der Waals surface area (Å²) in [6.45, 7) is 4.24. The van der Waals surface area contributed by atoms with Crippen LogP contribution in [0.5, 0.6) is 0 Å². The molecule has 0 spiro atoms. The van der Waals surface area contributed by atoms with Gasteiger partial charge >= 0.3 is 0 Å². The van der Waals surface area contributed by atoms with Crippen LogP contribution in [0.3, 0.4) is 0 Å². The summed E-state index contributed by atoms with van der Waals surface area (Å²) in [5, 5.41) is 1.56. The van der Waals surface area contributed by atoms with Crippen LogP contribution >= 0.6 is 0 Å². The molecule has 0 fully saturated rings. The lowest BCUT2D eigenvalue weighted by atomic mass is 9.98. The molecule has 1 aliphatic carbocycles. The molecule has 2 rings (SSSR count). The van der Waals surface area contributed by atoms with Crippen LogP contribution < -0.4 is 10.6 Å². The van der Waals surface area contributed by atoms with Crippen molar-refractivity contribution in [2.45, 2.75) is 32.6 Å². The first-order valence-electron chi connectivity index (χ1n) is 5.04. The van der Waals surface area contributed by atoms with Gasteiger partial charge in [-0.05, 0) is 24.0 Å². The topological polar surface area (TPSA) is 12.9 Å². The maximum Gasteiger partial charge on any atom is 0.126 e. The van der Waals surface area contributed by atoms with Crippen LogP contribution in [0.15, 0.2) is 12.3 Å². The second-order valence-electron chi connectivity index (χ2n) is 3.96. The molecule has 1 nitrogen and oxygen atoms in total. The average molecular weight is 191 g/mol. The molecule has 1 aromatic heterocycles. The first-order chi connectivity index (χ1) is 6.70. The average Bonchev–Trinajstić information content (AvgIpc) is 2.17.